The highest BCUT2D eigenvalue weighted by Crippen LogP contribution is 2.28. The summed E-state index contributed by atoms with van der Waals surface area (Å²) in [7, 11) is 0. The van der Waals surface area contributed by atoms with Crippen molar-refractivity contribution in [2.45, 2.75) is 38.7 Å². The van der Waals surface area contributed by atoms with Crippen LogP contribution < -0.4 is 20.1 Å². The average molecular weight is 507 g/mol. The van der Waals surface area contributed by atoms with E-state index < -0.39 is 17.7 Å². The first-order valence-corrected chi connectivity index (χ1v) is 11.8. The van der Waals surface area contributed by atoms with Crippen molar-refractivity contribution in [2.24, 2.45) is 5.92 Å². The highest BCUT2D eigenvalue weighted by molar-refractivity contribution is 6.32. The molecule has 3 rings (SSSR count). The van der Waals surface area contributed by atoms with E-state index in [2.05, 4.69) is 10.6 Å². The summed E-state index contributed by atoms with van der Waals surface area (Å²) >= 11 is 6.09. The normalized spacial score (nSPS) is 17.3. The monoisotopic (exact) mass is 506 g/mol. The largest absolute Gasteiger partial charge is 0.492 e. The second-order valence-corrected chi connectivity index (χ2v) is 8.57. The second-order valence-electron chi connectivity index (χ2n) is 8.16. The number of hydrogen-bond donors (Lipinski definition) is 3. The van der Waals surface area contributed by atoms with E-state index in [0.717, 1.165) is 6.07 Å². The van der Waals surface area contributed by atoms with Crippen molar-refractivity contribution in [3.63, 3.8) is 0 Å². The van der Waals surface area contributed by atoms with Crippen LogP contribution in [0.15, 0.2) is 36.4 Å². The van der Waals surface area contributed by atoms with E-state index in [4.69, 9.17) is 26.2 Å². The number of carbonyl (C=O) groups excluding carboxylic acids is 2. The smallest absolute Gasteiger partial charge is 0.306 e. The van der Waals surface area contributed by atoms with Gasteiger partial charge in [0.25, 0.3) is 11.8 Å². The summed E-state index contributed by atoms with van der Waals surface area (Å²) in [6.45, 7) is 2.52. The van der Waals surface area contributed by atoms with Crippen LogP contribution in [0.4, 0.5) is 4.39 Å². The van der Waals surface area contributed by atoms with Gasteiger partial charge in [0.05, 0.1) is 29.2 Å². The van der Waals surface area contributed by atoms with Crippen LogP contribution in [0.25, 0.3) is 0 Å². The molecule has 1 aliphatic rings. The van der Waals surface area contributed by atoms with Crippen molar-refractivity contribution < 1.29 is 33.4 Å². The second kappa shape index (κ2) is 12.4. The standard InChI is InChI=1S/C25H28ClFN2O6/c1-2-34-22-10-5-16(13-20(22)26)23(30)28-11-12-29-24(31)19-9-8-18(14-21(19)27)35-17-6-3-15(4-7-17)25(32)33/h5,8-10,13-15,17H,2-4,6-7,11-12H2,1H3,(H,28,30)(H,29,31)(H,32,33)/t15-,17+. The van der Waals surface area contributed by atoms with Gasteiger partial charge >= 0.3 is 5.97 Å². The number of amides is 2. The maximum atomic E-state index is 14.5. The Balaban J connectivity index is 1.44. The van der Waals surface area contributed by atoms with Crippen LogP contribution in [-0.4, -0.2) is 48.7 Å². The topological polar surface area (TPSA) is 114 Å². The molecule has 0 spiro atoms. The van der Waals surface area contributed by atoms with E-state index in [0.29, 0.717) is 54.4 Å². The Labute approximate surface area is 207 Å². The molecule has 35 heavy (non-hydrogen) atoms. The molecule has 2 amide bonds. The number of nitrogens with one attached hydrogen (secondary N) is 2. The summed E-state index contributed by atoms with van der Waals surface area (Å²) in [4.78, 5) is 35.6. The first-order valence-electron chi connectivity index (χ1n) is 11.5. The molecular weight excluding hydrogens is 479 g/mol. The maximum absolute atomic E-state index is 14.5. The van der Waals surface area contributed by atoms with Crippen molar-refractivity contribution in [3.8, 4) is 11.5 Å². The molecule has 8 nitrogen and oxygen atoms in total. The van der Waals surface area contributed by atoms with Gasteiger partial charge in [0.1, 0.15) is 17.3 Å². The first-order chi connectivity index (χ1) is 16.8. The number of rotatable bonds is 10. The zero-order valence-electron chi connectivity index (χ0n) is 19.3. The van der Waals surface area contributed by atoms with Gasteiger partial charge in [-0.05, 0) is 62.9 Å². The van der Waals surface area contributed by atoms with E-state index in [1.807, 2.05) is 6.92 Å². The van der Waals surface area contributed by atoms with E-state index in [9.17, 15) is 18.8 Å². The molecule has 0 saturated heterocycles. The molecular formula is C25H28ClFN2O6. The summed E-state index contributed by atoms with van der Waals surface area (Å²) in [6, 6.07) is 8.69. The molecule has 2 aromatic carbocycles. The summed E-state index contributed by atoms with van der Waals surface area (Å²) in [5.41, 5.74) is 0.208. The molecule has 0 aliphatic heterocycles. The lowest BCUT2D eigenvalue weighted by Gasteiger charge is -2.26. The number of hydrogen-bond acceptors (Lipinski definition) is 5. The van der Waals surface area contributed by atoms with Crippen LogP contribution in [-0.2, 0) is 4.79 Å². The molecule has 2 aromatic rings. The van der Waals surface area contributed by atoms with Crippen LogP contribution >= 0.6 is 11.6 Å². The molecule has 1 fully saturated rings. The van der Waals surface area contributed by atoms with Gasteiger partial charge in [-0.1, -0.05) is 11.6 Å². The minimum absolute atomic E-state index is 0.0971. The Morgan fingerprint density at radius 2 is 1.71 bits per heavy atom. The Morgan fingerprint density at radius 3 is 2.31 bits per heavy atom. The maximum Gasteiger partial charge on any atom is 0.306 e. The summed E-state index contributed by atoms with van der Waals surface area (Å²) in [5.74, 6) is -2.09. The van der Waals surface area contributed by atoms with Gasteiger partial charge in [0.15, 0.2) is 0 Å². The summed E-state index contributed by atoms with van der Waals surface area (Å²) in [5, 5.41) is 14.6. The fraction of sp³-hybridized carbons (Fsp3) is 0.400. The molecule has 10 heteroatoms. The third-order valence-corrected chi connectivity index (χ3v) is 6.00. The van der Waals surface area contributed by atoms with Crippen LogP contribution in [0.5, 0.6) is 11.5 Å². The van der Waals surface area contributed by atoms with Crippen LogP contribution in [0.1, 0.15) is 53.3 Å². The molecule has 1 saturated carbocycles. The van der Waals surface area contributed by atoms with Gasteiger partial charge in [-0.2, -0.15) is 0 Å². The van der Waals surface area contributed by atoms with Crippen LogP contribution in [0.2, 0.25) is 5.02 Å². The van der Waals surface area contributed by atoms with Gasteiger partial charge in [-0.15, -0.1) is 0 Å². The molecule has 0 atom stereocenters. The molecule has 0 aromatic heterocycles. The molecule has 0 heterocycles. The number of benzene rings is 2. The number of carboxylic acids is 1. The molecule has 0 unspecified atom stereocenters. The molecule has 0 radical (unpaired) electrons. The predicted octanol–water partition coefficient (Wildman–Crippen LogP) is 4.06. The first kappa shape index (κ1) is 26.3. The molecule has 188 valence electrons. The minimum Gasteiger partial charge on any atom is -0.492 e. The van der Waals surface area contributed by atoms with Crippen molar-refractivity contribution >= 4 is 29.4 Å². The number of ether oxygens (including phenoxy) is 2. The van der Waals surface area contributed by atoms with Crippen LogP contribution in [0, 0.1) is 11.7 Å². The van der Waals surface area contributed by atoms with E-state index in [-0.39, 0.29) is 36.6 Å². The van der Waals surface area contributed by atoms with Crippen molar-refractivity contribution in [1.82, 2.24) is 10.6 Å². The van der Waals surface area contributed by atoms with Gasteiger partial charge in [0.2, 0.25) is 0 Å². The van der Waals surface area contributed by atoms with Gasteiger partial charge in [0, 0.05) is 24.7 Å². The number of aliphatic carboxylic acids is 1. The SMILES string of the molecule is CCOc1ccc(C(=O)NCCNC(=O)c2ccc(O[C@H]3CC[C@@H](C(=O)O)CC3)cc2F)cc1Cl. The molecule has 0 bridgehead atoms. The zero-order valence-corrected chi connectivity index (χ0v) is 20.1. The lowest BCUT2D eigenvalue weighted by molar-refractivity contribution is -0.143. The quantitative estimate of drug-likeness (QED) is 0.419. The average Bonchev–Trinajstić information content (AvgIpc) is 2.83. The number of halogens is 2. The fourth-order valence-electron chi connectivity index (χ4n) is 3.84. The van der Waals surface area contributed by atoms with E-state index >= 15 is 0 Å². The fourth-order valence-corrected chi connectivity index (χ4v) is 4.07. The highest BCUT2D eigenvalue weighted by atomic mass is 35.5. The third-order valence-electron chi connectivity index (χ3n) is 5.70. The number of carboxylic acid groups (broad SMARTS) is 1. The van der Waals surface area contributed by atoms with Crippen LogP contribution in [0.3, 0.4) is 0 Å². The van der Waals surface area contributed by atoms with Gasteiger partial charge in [-0.25, -0.2) is 4.39 Å². The Hall–Kier alpha value is -3.33. The zero-order chi connectivity index (χ0) is 25.4. The Kier molecular flexibility index (Phi) is 9.31. The molecule has 1 aliphatic carbocycles. The lowest BCUT2D eigenvalue weighted by atomic mass is 9.87. The predicted molar refractivity (Wildman–Crippen MR) is 128 cm³/mol. The summed E-state index contributed by atoms with van der Waals surface area (Å²) in [6.07, 6.45) is 2.01. The molecule has 3 N–H and O–H groups in total. The Bertz CT molecular complexity index is 1070. The number of carbonyl (C=O) groups is 3. The van der Waals surface area contributed by atoms with Gasteiger partial charge in [-0.3, -0.25) is 14.4 Å². The highest BCUT2D eigenvalue weighted by Gasteiger charge is 2.27. The van der Waals surface area contributed by atoms with Gasteiger partial charge < -0.3 is 25.2 Å². The van der Waals surface area contributed by atoms with E-state index in [1.165, 1.54) is 18.2 Å². The Morgan fingerprint density at radius 1 is 1.03 bits per heavy atom. The van der Waals surface area contributed by atoms with Crippen molar-refractivity contribution in [2.75, 3.05) is 19.7 Å². The van der Waals surface area contributed by atoms with E-state index in [1.54, 1.807) is 12.1 Å². The van der Waals surface area contributed by atoms with Crippen molar-refractivity contribution in [3.05, 3.63) is 58.4 Å². The van der Waals surface area contributed by atoms with Crippen molar-refractivity contribution in [1.29, 1.82) is 0 Å². The lowest BCUT2D eigenvalue weighted by Crippen LogP contribution is -2.35. The summed E-state index contributed by atoms with van der Waals surface area (Å²) < 4.78 is 25.6. The third kappa shape index (κ3) is 7.32. The minimum atomic E-state index is -0.801.